The molecule has 3 atom stereocenters. The lowest BCUT2D eigenvalue weighted by atomic mass is 9.59. The quantitative estimate of drug-likeness (QED) is 0.0569. The summed E-state index contributed by atoms with van der Waals surface area (Å²) in [5, 5.41) is 27.1. The lowest BCUT2D eigenvalue weighted by molar-refractivity contribution is -0.384. The Kier molecular flexibility index (Phi) is 14.0. The van der Waals surface area contributed by atoms with E-state index in [1.807, 2.05) is 19.1 Å². The van der Waals surface area contributed by atoms with Gasteiger partial charge in [0.25, 0.3) is 27.5 Å². The maximum absolute atomic E-state index is 14.5. The van der Waals surface area contributed by atoms with Gasteiger partial charge in [0.1, 0.15) is 24.6 Å². The number of hydrogen-bond donors (Lipinski definition) is 4. The van der Waals surface area contributed by atoms with Gasteiger partial charge in [-0.15, -0.1) is 0 Å². The number of nitro groups is 1. The lowest BCUT2D eigenvalue weighted by Crippen LogP contribution is -2.54. The van der Waals surface area contributed by atoms with Crippen molar-refractivity contribution in [3.8, 4) is 23.1 Å². The van der Waals surface area contributed by atoms with Crippen molar-refractivity contribution in [1.29, 1.82) is 0 Å². The first-order valence-electron chi connectivity index (χ1n) is 27.3. The predicted molar refractivity (Wildman–Crippen MR) is 288 cm³/mol. The Morgan fingerprint density at radius 3 is 2.51 bits per heavy atom. The minimum Gasteiger partial charge on any atom is -0.489 e. The van der Waals surface area contributed by atoms with Crippen LogP contribution in [0.25, 0.3) is 11.0 Å². The maximum atomic E-state index is 14.5. The van der Waals surface area contributed by atoms with E-state index in [-0.39, 0.29) is 64.4 Å². The number of aromatic amines is 1. The Morgan fingerprint density at radius 2 is 1.75 bits per heavy atom. The van der Waals surface area contributed by atoms with Gasteiger partial charge in [-0.05, 0) is 156 Å². The highest BCUT2D eigenvalue weighted by Gasteiger charge is 2.50. The van der Waals surface area contributed by atoms with Crippen LogP contribution in [-0.4, -0.2) is 114 Å². The van der Waals surface area contributed by atoms with Gasteiger partial charge in [-0.3, -0.25) is 24.7 Å². The lowest BCUT2D eigenvalue weighted by Gasteiger charge is -2.56. The Bertz CT molecular complexity index is 3040. The highest BCUT2D eigenvalue weighted by molar-refractivity contribution is 7.90. The summed E-state index contributed by atoms with van der Waals surface area (Å²) in [7, 11) is -4.72. The van der Waals surface area contributed by atoms with Crippen LogP contribution in [0.4, 0.5) is 17.1 Å². The monoisotopic (exact) mass is 1040 g/mol. The number of nitrogens with zero attached hydrogens (tertiary/aromatic N) is 5. The van der Waals surface area contributed by atoms with Crippen molar-refractivity contribution < 1.29 is 37.5 Å². The smallest absolute Gasteiger partial charge is 0.297 e. The first-order valence-corrected chi connectivity index (χ1v) is 28.8. The van der Waals surface area contributed by atoms with E-state index in [0.717, 1.165) is 75.5 Å². The van der Waals surface area contributed by atoms with Gasteiger partial charge in [0.2, 0.25) is 0 Å². The second-order valence-electron chi connectivity index (χ2n) is 22.9. The van der Waals surface area contributed by atoms with Crippen LogP contribution < -0.4 is 29.1 Å². The third-order valence-electron chi connectivity index (χ3n) is 17.7. The second-order valence-corrected chi connectivity index (χ2v) is 24.5. The number of nitrogens with one attached hydrogen (secondary N) is 3. The number of benzene rings is 3. The fourth-order valence-corrected chi connectivity index (χ4v) is 14.3. The van der Waals surface area contributed by atoms with Crippen molar-refractivity contribution in [1.82, 2.24) is 24.5 Å². The molecule has 3 aromatic carbocycles. The fourth-order valence-electron chi connectivity index (χ4n) is 13.3. The van der Waals surface area contributed by atoms with Crippen molar-refractivity contribution in [2.75, 3.05) is 56.2 Å². The molecule has 11 rings (SSSR count). The number of rotatable bonds is 15. The molecular weight excluding hydrogens is 973 g/mol. The number of fused-ring (bicyclic) bond motifs is 2. The van der Waals surface area contributed by atoms with Crippen LogP contribution in [0.3, 0.4) is 0 Å². The number of carbonyl (C=O) groups excluding carboxylic acids is 1. The normalized spacial score (nSPS) is 25.2. The van der Waals surface area contributed by atoms with Gasteiger partial charge in [0.05, 0.1) is 27.0 Å². The Labute approximate surface area is 439 Å². The fraction of sp³-hybridized carbons (Fsp3) is 0.544. The maximum Gasteiger partial charge on any atom is 0.297 e. The molecule has 3 saturated heterocycles. The van der Waals surface area contributed by atoms with Crippen LogP contribution >= 0.6 is 0 Å². The first kappa shape index (κ1) is 51.2. The van der Waals surface area contributed by atoms with Crippen LogP contribution in [0.1, 0.15) is 138 Å². The molecule has 17 nitrogen and oxygen atoms in total. The molecule has 18 heteroatoms. The molecule has 2 saturated carbocycles. The number of piperidine rings is 1. The summed E-state index contributed by atoms with van der Waals surface area (Å²) in [6, 6.07) is 21.0. The zero-order valence-corrected chi connectivity index (χ0v) is 44.5. The molecule has 0 radical (unpaired) electrons. The van der Waals surface area contributed by atoms with E-state index in [2.05, 4.69) is 74.8 Å². The van der Waals surface area contributed by atoms with Crippen molar-refractivity contribution in [3.63, 3.8) is 0 Å². The summed E-state index contributed by atoms with van der Waals surface area (Å²) in [6.45, 7) is 13.7. The van der Waals surface area contributed by atoms with Gasteiger partial charge in [0, 0.05) is 66.7 Å². The number of likely N-dealkylation sites (N-methyl/N-ethyl adjacent to an activating group) is 1. The molecule has 5 fully saturated rings. The second kappa shape index (κ2) is 20.5. The molecule has 1 spiro atoms. The van der Waals surface area contributed by atoms with E-state index in [1.54, 1.807) is 24.4 Å². The summed E-state index contributed by atoms with van der Waals surface area (Å²) < 4.78 is 49.9. The molecule has 4 N–H and O–H groups in total. The van der Waals surface area contributed by atoms with Gasteiger partial charge in [-0.1, -0.05) is 45.0 Å². The summed E-state index contributed by atoms with van der Waals surface area (Å²) in [6.07, 6.45) is 13.3. The average molecular weight is 1050 g/mol. The van der Waals surface area contributed by atoms with E-state index in [4.69, 9.17) is 19.2 Å². The molecular formula is C57H72N8O9S. The zero-order valence-electron chi connectivity index (χ0n) is 43.7. The van der Waals surface area contributed by atoms with Crippen LogP contribution in [0, 0.1) is 21.4 Å². The van der Waals surface area contributed by atoms with Crippen molar-refractivity contribution in [2.45, 2.75) is 145 Å². The number of ether oxygens (including phenoxy) is 3. The highest BCUT2D eigenvalue weighted by Crippen LogP contribution is 2.55. The third-order valence-corrected chi connectivity index (χ3v) is 19.0. The van der Waals surface area contributed by atoms with Crippen molar-refractivity contribution >= 4 is 44.0 Å². The molecule has 2 aromatic heterocycles. The third kappa shape index (κ3) is 10.4. The number of pyridine rings is 1. The molecule has 0 unspecified atom stereocenters. The van der Waals surface area contributed by atoms with E-state index in [0.29, 0.717) is 55.9 Å². The molecule has 2 aliphatic carbocycles. The van der Waals surface area contributed by atoms with Gasteiger partial charge >= 0.3 is 0 Å². The number of aromatic nitrogens is 2. The standard InChI is InChI=1S/C57H72N8O9S/c1-5-62-24-8-10-40(62)34-73-55-51(28-38-18-23-58-53(38)60-55)74-49-29-39(63-26-21-57(22-27-63)32-41(33-57)64-25-9-13-47(64)44-12-7-6-11-43(44)36(2)3)14-15-45(49)54(66)61-75(70,71)42-30-48(65(68)69)52-50(31-42)72-35-46(59-52)37-16-19-56(4,67)20-17-37/h6-7,11-12,14-15,18,23,28-31,36-37,40-41,46-47,59,67H,5,8-10,13,16-17,19-22,24-27,32-35H2,1-4H3,(H,58,60)(H,61,66)/t37-,40-,46-,47+,56-/m1/s1. The van der Waals surface area contributed by atoms with Crippen LogP contribution in [0.15, 0.2) is 77.8 Å². The van der Waals surface area contributed by atoms with Gasteiger partial charge in [-0.2, -0.15) is 4.98 Å². The molecule has 4 aliphatic heterocycles. The molecule has 400 valence electrons. The van der Waals surface area contributed by atoms with E-state index in [9.17, 15) is 28.4 Å². The van der Waals surface area contributed by atoms with E-state index < -0.39 is 37.0 Å². The van der Waals surface area contributed by atoms with Gasteiger partial charge in [-0.25, -0.2) is 13.1 Å². The highest BCUT2D eigenvalue weighted by atomic mass is 32.2. The van der Waals surface area contributed by atoms with Crippen molar-refractivity contribution in [3.05, 3.63) is 99.7 Å². The number of aliphatic hydroxyl groups is 1. The number of amides is 1. The minimum atomic E-state index is -4.72. The number of nitro benzene ring substituents is 1. The topological polar surface area (TPSA) is 205 Å². The molecule has 1 amide bonds. The Morgan fingerprint density at radius 1 is 0.973 bits per heavy atom. The van der Waals surface area contributed by atoms with Crippen molar-refractivity contribution in [2.24, 2.45) is 11.3 Å². The zero-order chi connectivity index (χ0) is 52.2. The Balaban J connectivity index is 0.847. The molecule has 6 heterocycles. The molecule has 6 aliphatic rings. The van der Waals surface area contributed by atoms with Crippen LogP contribution in [0.5, 0.6) is 23.1 Å². The summed E-state index contributed by atoms with van der Waals surface area (Å²) in [5.41, 5.74) is 3.41. The summed E-state index contributed by atoms with van der Waals surface area (Å²) >= 11 is 0. The average Bonchev–Trinajstić information content (AvgIpc) is 4.19. The van der Waals surface area contributed by atoms with Crippen LogP contribution in [-0.2, 0) is 10.0 Å². The number of hydrogen-bond acceptors (Lipinski definition) is 14. The molecule has 5 aromatic rings. The number of carbonyl (C=O) groups is 1. The van der Waals surface area contributed by atoms with Crippen LogP contribution in [0.2, 0.25) is 0 Å². The first-order chi connectivity index (χ1) is 36.1. The number of anilines is 2. The number of likely N-dealkylation sites (tertiary alicyclic amines) is 2. The Hall–Kier alpha value is -5.95. The largest absolute Gasteiger partial charge is 0.489 e. The van der Waals surface area contributed by atoms with E-state index in [1.165, 1.54) is 42.9 Å². The summed E-state index contributed by atoms with van der Waals surface area (Å²) in [4.78, 5) is 41.4. The van der Waals surface area contributed by atoms with Gasteiger partial charge in [0.15, 0.2) is 17.2 Å². The predicted octanol–water partition coefficient (Wildman–Crippen LogP) is 10.1. The van der Waals surface area contributed by atoms with Gasteiger partial charge < -0.3 is 34.5 Å². The summed E-state index contributed by atoms with van der Waals surface area (Å²) in [5.74, 6) is 0.185. The molecule has 75 heavy (non-hydrogen) atoms. The SMILES string of the molecule is CCN1CCC[C@@H]1COc1nc2[nH]ccc2cc1Oc1cc(N2CCC3(CC2)CC(N2CCC[C@H]2c2ccccc2C(C)C)C3)ccc1C(=O)NS(=O)(=O)c1cc2c(c([N+](=O)[O-])c1)N[C@@H]([C@H]1CC[C@](C)(O)CC1)CO2. The minimum absolute atomic E-state index is 0.00215. The van der Waals surface area contributed by atoms with E-state index >= 15 is 0 Å². The number of sulfonamides is 1. The molecule has 0 bridgehead atoms. The number of H-pyrrole nitrogens is 1.